The summed E-state index contributed by atoms with van der Waals surface area (Å²) in [7, 11) is -3.45. The molecule has 0 spiro atoms. The van der Waals surface area contributed by atoms with Gasteiger partial charge in [-0.25, -0.2) is 8.42 Å². The summed E-state index contributed by atoms with van der Waals surface area (Å²) in [6.07, 6.45) is 0.445. The fourth-order valence-corrected chi connectivity index (χ4v) is 2.93. The van der Waals surface area contributed by atoms with E-state index in [1.54, 1.807) is 18.2 Å². The van der Waals surface area contributed by atoms with Crippen molar-refractivity contribution in [1.82, 2.24) is 5.32 Å². The van der Waals surface area contributed by atoms with E-state index >= 15 is 0 Å². The predicted octanol–water partition coefficient (Wildman–Crippen LogP) is 0.131. The summed E-state index contributed by atoms with van der Waals surface area (Å²) in [5, 5.41) is 11.4. The maximum absolute atomic E-state index is 11.9. The van der Waals surface area contributed by atoms with Crippen molar-refractivity contribution in [2.45, 2.75) is 18.2 Å². The third-order valence-electron chi connectivity index (χ3n) is 2.44. The number of nitrogens with one attached hydrogen (secondary N) is 1. The number of sulfone groups is 1. The van der Waals surface area contributed by atoms with Crippen LogP contribution in [-0.4, -0.2) is 38.3 Å². The van der Waals surface area contributed by atoms with Crippen molar-refractivity contribution >= 4 is 15.7 Å². The lowest BCUT2D eigenvalue weighted by Crippen LogP contribution is -2.23. The zero-order valence-electron chi connectivity index (χ0n) is 10.2. The van der Waals surface area contributed by atoms with E-state index in [1.807, 2.05) is 0 Å². The minimum Gasteiger partial charge on any atom is -0.395 e. The lowest BCUT2D eigenvalue weighted by Gasteiger charge is -2.09. The summed E-state index contributed by atoms with van der Waals surface area (Å²) in [6.45, 7) is 1.40. The first-order valence-electron chi connectivity index (χ1n) is 5.63. The highest BCUT2D eigenvalue weighted by Gasteiger charge is 2.17. The van der Waals surface area contributed by atoms with E-state index < -0.39 is 16.4 Å². The van der Waals surface area contributed by atoms with Gasteiger partial charge < -0.3 is 10.4 Å². The van der Waals surface area contributed by atoms with Crippen LogP contribution in [0.25, 0.3) is 0 Å². The number of hydrogen-bond donors (Lipinski definition) is 2. The second-order valence-corrected chi connectivity index (χ2v) is 5.96. The Labute approximate surface area is 107 Å². The SMILES string of the molecule is CC(=O)NCCc1ccccc1S(=O)(=O)CCO. The lowest BCUT2D eigenvalue weighted by atomic mass is 10.1. The molecule has 0 bridgehead atoms. The number of benzene rings is 1. The molecule has 1 aromatic rings. The van der Waals surface area contributed by atoms with Gasteiger partial charge in [0, 0.05) is 13.5 Å². The third-order valence-corrected chi connectivity index (χ3v) is 4.22. The van der Waals surface area contributed by atoms with E-state index in [2.05, 4.69) is 5.32 Å². The Kier molecular flexibility index (Phi) is 5.30. The molecule has 0 fully saturated rings. The van der Waals surface area contributed by atoms with Crippen molar-refractivity contribution in [2.24, 2.45) is 0 Å². The molecule has 1 rings (SSSR count). The van der Waals surface area contributed by atoms with Crippen molar-refractivity contribution in [3.8, 4) is 0 Å². The van der Waals surface area contributed by atoms with Gasteiger partial charge in [-0.05, 0) is 18.1 Å². The van der Waals surface area contributed by atoms with Crippen LogP contribution >= 0.6 is 0 Å². The molecular weight excluding hydrogens is 254 g/mol. The number of carbonyl (C=O) groups excluding carboxylic acids is 1. The molecule has 100 valence electrons. The largest absolute Gasteiger partial charge is 0.395 e. The van der Waals surface area contributed by atoms with E-state index in [-0.39, 0.29) is 16.6 Å². The van der Waals surface area contributed by atoms with Gasteiger partial charge in [-0.1, -0.05) is 18.2 Å². The van der Waals surface area contributed by atoms with E-state index in [4.69, 9.17) is 5.11 Å². The van der Waals surface area contributed by atoms with Gasteiger partial charge in [-0.3, -0.25) is 4.79 Å². The molecule has 1 aromatic carbocycles. The topological polar surface area (TPSA) is 83.5 Å². The molecule has 0 saturated heterocycles. The van der Waals surface area contributed by atoms with Gasteiger partial charge in [0.05, 0.1) is 17.3 Å². The molecule has 0 radical (unpaired) electrons. The maximum Gasteiger partial charge on any atom is 0.216 e. The Balaban J connectivity index is 2.89. The summed E-state index contributed by atoms with van der Waals surface area (Å²) in [4.78, 5) is 11.0. The van der Waals surface area contributed by atoms with Gasteiger partial charge >= 0.3 is 0 Å². The fourth-order valence-electron chi connectivity index (χ4n) is 1.62. The molecule has 0 aromatic heterocycles. The first kappa shape index (κ1) is 14.7. The Morgan fingerprint density at radius 3 is 2.61 bits per heavy atom. The molecule has 0 aliphatic carbocycles. The van der Waals surface area contributed by atoms with E-state index in [1.165, 1.54) is 13.0 Å². The monoisotopic (exact) mass is 271 g/mol. The molecule has 2 N–H and O–H groups in total. The van der Waals surface area contributed by atoms with Gasteiger partial charge in [0.1, 0.15) is 0 Å². The fraction of sp³-hybridized carbons (Fsp3) is 0.417. The highest BCUT2D eigenvalue weighted by atomic mass is 32.2. The first-order valence-corrected chi connectivity index (χ1v) is 7.28. The van der Waals surface area contributed by atoms with Crippen molar-refractivity contribution in [1.29, 1.82) is 0 Å². The maximum atomic E-state index is 11.9. The molecule has 0 aliphatic heterocycles. The second-order valence-electron chi connectivity index (χ2n) is 3.88. The van der Waals surface area contributed by atoms with Gasteiger partial charge in [0.15, 0.2) is 9.84 Å². The second kappa shape index (κ2) is 6.51. The minimum absolute atomic E-state index is 0.148. The lowest BCUT2D eigenvalue weighted by molar-refractivity contribution is -0.118. The Morgan fingerprint density at radius 2 is 2.00 bits per heavy atom. The predicted molar refractivity (Wildman–Crippen MR) is 68.0 cm³/mol. The highest BCUT2D eigenvalue weighted by Crippen LogP contribution is 2.17. The van der Waals surface area contributed by atoms with Crippen molar-refractivity contribution < 1.29 is 18.3 Å². The minimum atomic E-state index is -3.45. The zero-order chi connectivity index (χ0) is 13.6. The van der Waals surface area contributed by atoms with Gasteiger partial charge in [0.2, 0.25) is 5.91 Å². The number of aliphatic hydroxyl groups is 1. The molecule has 0 heterocycles. The normalized spacial score (nSPS) is 11.2. The smallest absolute Gasteiger partial charge is 0.216 e. The summed E-state index contributed by atoms with van der Waals surface area (Å²) in [6, 6.07) is 6.63. The van der Waals surface area contributed by atoms with E-state index in [0.717, 1.165) is 0 Å². The molecule has 0 saturated carbocycles. The average molecular weight is 271 g/mol. The molecule has 5 nitrogen and oxygen atoms in total. The Bertz CT molecular complexity index is 511. The highest BCUT2D eigenvalue weighted by molar-refractivity contribution is 7.91. The van der Waals surface area contributed by atoms with E-state index in [9.17, 15) is 13.2 Å². The number of hydrogen-bond acceptors (Lipinski definition) is 4. The number of rotatable bonds is 6. The van der Waals surface area contributed by atoms with Crippen LogP contribution in [-0.2, 0) is 21.1 Å². The van der Waals surface area contributed by atoms with Crippen LogP contribution in [0.15, 0.2) is 29.2 Å². The summed E-state index contributed by atoms with van der Waals surface area (Å²) in [5.74, 6) is -0.435. The average Bonchev–Trinajstić information content (AvgIpc) is 2.29. The van der Waals surface area contributed by atoms with Crippen LogP contribution in [0.1, 0.15) is 12.5 Å². The molecule has 0 unspecified atom stereocenters. The first-order chi connectivity index (χ1) is 8.47. The summed E-state index contributed by atoms with van der Waals surface area (Å²) < 4.78 is 23.8. The quantitative estimate of drug-likeness (QED) is 0.770. The van der Waals surface area contributed by atoms with Crippen LogP contribution in [0.3, 0.4) is 0 Å². The number of amides is 1. The molecule has 18 heavy (non-hydrogen) atoms. The van der Waals surface area contributed by atoms with Gasteiger partial charge in [-0.2, -0.15) is 0 Å². The number of aliphatic hydroxyl groups excluding tert-OH is 1. The molecular formula is C12H17NO4S. The molecule has 0 atom stereocenters. The molecule has 1 amide bonds. The number of carbonyl (C=O) groups is 1. The van der Waals surface area contributed by atoms with Crippen molar-refractivity contribution in [3.05, 3.63) is 29.8 Å². The Hall–Kier alpha value is -1.40. The van der Waals surface area contributed by atoms with Crippen molar-refractivity contribution in [2.75, 3.05) is 18.9 Å². The van der Waals surface area contributed by atoms with Crippen LogP contribution in [0.4, 0.5) is 0 Å². The van der Waals surface area contributed by atoms with Crippen LogP contribution in [0.5, 0.6) is 0 Å². The van der Waals surface area contributed by atoms with Crippen LogP contribution < -0.4 is 5.32 Å². The Morgan fingerprint density at radius 1 is 1.33 bits per heavy atom. The zero-order valence-corrected chi connectivity index (χ0v) is 11.0. The summed E-state index contributed by atoms with van der Waals surface area (Å²) >= 11 is 0. The van der Waals surface area contributed by atoms with Gasteiger partial charge in [-0.15, -0.1) is 0 Å². The standard InChI is InChI=1S/C12H17NO4S/c1-10(15)13-7-6-11-4-2-3-5-12(11)18(16,17)9-8-14/h2-5,14H,6-9H2,1H3,(H,13,15). The van der Waals surface area contributed by atoms with Crippen LogP contribution in [0.2, 0.25) is 0 Å². The van der Waals surface area contributed by atoms with Crippen LogP contribution in [0, 0.1) is 0 Å². The van der Waals surface area contributed by atoms with E-state index in [0.29, 0.717) is 18.5 Å². The molecule has 6 heteroatoms. The molecule has 0 aliphatic rings. The summed E-state index contributed by atoms with van der Waals surface area (Å²) in [5.41, 5.74) is 0.653. The van der Waals surface area contributed by atoms with Crippen molar-refractivity contribution in [3.63, 3.8) is 0 Å². The van der Waals surface area contributed by atoms with Gasteiger partial charge in [0.25, 0.3) is 0 Å². The third kappa shape index (κ3) is 4.12.